The maximum absolute atomic E-state index is 12.0. The van der Waals surface area contributed by atoms with Crippen molar-refractivity contribution in [3.05, 3.63) is 12.2 Å². The van der Waals surface area contributed by atoms with Gasteiger partial charge in [-0.05, 0) is 32.1 Å². The minimum Gasteiger partial charge on any atom is -0.377 e. The smallest absolute Gasteiger partial charge is 0.135 e. The van der Waals surface area contributed by atoms with E-state index in [9.17, 15) is 4.79 Å². The Hall–Kier alpha value is -0.630. The molecule has 0 aromatic heterocycles. The number of unbranched alkanes of at least 4 members (excludes halogenated alkanes) is 3. The van der Waals surface area contributed by atoms with Crippen molar-refractivity contribution in [1.82, 2.24) is 0 Å². The van der Waals surface area contributed by atoms with Gasteiger partial charge in [0, 0.05) is 19.4 Å². The fourth-order valence-corrected chi connectivity index (χ4v) is 2.83. The normalized spacial score (nSPS) is 23.9. The number of carbonyl (C=O) groups is 1. The van der Waals surface area contributed by atoms with Crippen LogP contribution in [-0.2, 0) is 9.53 Å². The van der Waals surface area contributed by atoms with E-state index < -0.39 is 0 Å². The molecule has 0 spiro atoms. The van der Waals surface area contributed by atoms with Crippen LogP contribution < -0.4 is 0 Å². The molecule has 0 saturated carbocycles. The van der Waals surface area contributed by atoms with E-state index >= 15 is 0 Å². The van der Waals surface area contributed by atoms with Crippen LogP contribution in [0.25, 0.3) is 0 Å². The Morgan fingerprint density at radius 1 is 1.05 bits per heavy atom. The van der Waals surface area contributed by atoms with Crippen LogP contribution in [0.3, 0.4) is 0 Å². The fourth-order valence-electron chi connectivity index (χ4n) is 2.83. The van der Waals surface area contributed by atoms with Crippen molar-refractivity contribution < 1.29 is 9.53 Å². The van der Waals surface area contributed by atoms with Gasteiger partial charge in [0.1, 0.15) is 5.78 Å². The van der Waals surface area contributed by atoms with E-state index in [2.05, 4.69) is 19.1 Å². The number of carbonyl (C=O) groups excluding carboxylic acids is 1. The Labute approximate surface area is 131 Å². The molecule has 0 radical (unpaired) electrons. The molecule has 0 aromatic rings. The van der Waals surface area contributed by atoms with Crippen molar-refractivity contribution in [1.29, 1.82) is 0 Å². The number of hydrogen-bond donors (Lipinski definition) is 0. The minimum absolute atomic E-state index is 0.108. The lowest BCUT2D eigenvalue weighted by Crippen LogP contribution is -2.18. The lowest BCUT2D eigenvalue weighted by atomic mass is 10.0. The van der Waals surface area contributed by atoms with Gasteiger partial charge in [-0.15, -0.1) is 0 Å². The summed E-state index contributed by atoms with van der Waals surface area (Å²) in [5.74, 6) is 0.390. The Morgan fingerprint density at radius 2 is 1.86 bits per heavy atom. The van der Waals surface area contributed by atoms with Crippen molar-refractivity contribution in [3.63, 3.8) is 0 Å². The van der Waals surface area contributed by atoms with Crippen LogP contribution in [0.4, 0.5) is 0 Å². The predicted octanol–water partition coefficient (Wildman–Crippen LogP) is 5.60. The highest BCUT2D eigenvalue weighted by Crippen LogP contribution is 2.14. The molecule has 1 unspecified atom stereocenters. The van der Waals surface area contributed by atoms with Crippen molar-refractivity contribution in [2.45, 2.75) is 96.5 Å². The molecule has 0 fully saturated rings. The second-order valence-corrected chi connectivity index (χ2v) is 6.31. The molecule has 1 aliphatic carbocycles. The molecule has 1 aliphatic rings. The van der Waals surface area contributed by atoms with Crippen molar-refractivity contribution in [2.24, 2.45) is 0 Å². The first kappa shape index (κ1) is 18.4. The zero-order chi connectivity index (χ0) is 15.2. The van der Waals surface area contributed by atoms with Crippen molar-refractivity contribution in [3.8, 4) is 0 Å². The molecule has 122 valence electrons. The Morgan fingerprint density at radius 3 is 2.71 bits per heavy atom. The second kappa shape index (κ2) is 13.1. The van der Waals surface area contributed by atoms with Gasteiger partial charge in [0.05, 0.1) is 6.10 Å². The van der Waals surface area contributed by atoms with Gasteiger partial charge in [-0.25, -0.2) is 0 Å². The highest BCUT2D eigenvalue weighted by atomic mass is 16.5. The summed E-state index contributed by atoms with van der Waals surface area (Å²) >= 11 is 0. The third kappa shape index (κ3) is 10.7. The monoisotopic (exact) mass is 294 g/mol. The molecule has 0 bridgehead atoms. The van der Waals surface area contributed by atoms with E-state index in [1.165, 1.54) is 51.4 Å². The van der Waals surface area contributed by atoms with E-state index in [1.54, 1.807) is 0 Å². The van der Waals surface area contributed by atoms with Crippen LogP contribution in [-0.4, -0.2) is 18.5 Å². The summed E-state index contributed by atoms with van der Waals surface area (Å²) < 4.78 is 5.96. The van der Waals surface area contributed by atoms with Gasteiger partial charge >= 0.3 is 0 Å². The average molecular weight is 294 g/mol. The van der Waals surface area contributed by atoms with E-state index in [0.717, 1.165) is 32.3 Å². The summed E-state index contributed by atoms with van der Waals surface area (Å²) in [7, 11) is 0. The Bertz CT molecular complexity index is 283. The lowest BCUT2D eigenvalue weighted by Gasteiger charge is -2.16. The average Bonchev–Trinajstić information content (AvgIpc) is 2.49. The van der Waals surface area contributed by atoms with Crippen LogP contribution >= 0.6 is 0 Å². The molecule has 0 aliphatic heterocycles. The Balaban J connectivity index is 2.33. The molecule has 0 amide bonds. The van der Waals surface area contributed by atoms with Gasteiger partial charge in [-0.2, -0.15) is 0 Å². The second-order valence-electron chi connectivity index (χ2n) is 6.31. The number of ether oxygens (including phenoxy) is 1. The third-order valence-corrected chi connectivity index (χ3v) is 4.20. The summed E-state index contributed by atoms with van der Waals surface area (Å²) in [5.41, 5.74) is 0. The molecule has 2 nitrogen and oxygen atoms in total. The van der Waals surface area contributed by atoms with Crippen LogP contribution in [0.1, 0.15) is 90.4 Å². The van der Waals surface area contributed by atoms with Crippen LogP contribution in [0, 0.1) is 0 Å². The predicted molar refractivity (Wildman–Crippen MR) is 89.6 cm³/mol. The number of allylic oxidation sites excluding steroid dienone is 1. The molecule has 2 heteroatoms. The lowest BCUT2D eigenvalue weighted by molar-refractivity contribution is -0.122. The summed E-state index contributed by atoms with van der Waals surface area (Å²) in [6.07, 6.45) is 19.1. The van der Waals surface area contributed by atoms with Crippen molar-refractivity contribution >= 4 is 5.78 Å². The van der Waals surface area contributed by atoms with Crippen LogP contribution in [0.5, 0.6) is 0 Å². The number of Topliss-reactive ketones (excluding diaryl/α,β-unsaturated/α-hetero) is 1. The SMILES string of the molecule is CCCCCCOC1C/C=C\CCCCCCCC(=O)C1. The highest BCUT2D eigenvalue weighted by Gasteiger charge is 2.13. The van der Waals surface area contributed by atoms with Crippen molar-refractivity contribution in [2.75, 3.05) is 6.61 Å². The van der Waals surface area contributed by atoms with E-state index in [4.69, 9.17) is 4.74 Å². The summed E-state index contributed by atoms with van der Waals surface area (Å²) in [6, 6.07) is 0. The quantitative estimate of drug-likeness (QED) is 0.470. The zero-order valence-corrected chi connectivity index (χ0v) is 13.9. The van der Waals surface area contributed by atoms with Gasteiger partial charge in [-0.1, -0.05) is 57.6 Å². The molecular weight excluding hydrogens is 260 g/mol. The van der Waals surface area contributed by atoms with Crippen LogP contribution in [0.2, 0.25) is 0 Å². The molecule has 1 rings (SSSR count). The summed E-state index contributed by atoms with van der Waals surface area (Å²) in [4.78, 5) is 12.0. The zero-order valence-electron chi connectivity index (χ0n) is 13.9. The largest absolute Gasteiger partial charge is 0.377 e. The number of rotatable bonds is 6. The first-order valence-corrected chi connectivity index (χ1v) is 9.11. The summed E-state index contributed by atoms with van der Waals surface area (Å²) in [5, 5.41) is 0. The minimum atomic E-state index is 0.108. The molecule has 0 heterocycles. The number of hydrogen-bond acceptors (Lipinski definition) is 2. The number of ketones is 1. The molecular formula is C19H34O2. The van der Waals surface area contributed by atoms with Gasteiger partial charge in [0.15, 0.2) is 0 Å². The molecule has 21 heavy (non-hydrogen) atoms. The third-order valence-electron chi connectivity index (χ3n) is 4.20. The molecule has 1 atom stereocenters. The molecule has 0 aromatic carbocycles. The molecule has 0 N–H and O–H groups in total. The van der Waals surface area contributed by atoms with Gasteiger partial charge < -0.3 is 4.74 Å². The van der Waals surface area contributed by atoms with Gasteiger partial charge in [0.25, 0.3) is 0 Å². The Kier molecular flexibility index (Phi) is 11.5. The maximum Gasteiger partial charge on any atom is 0.135 e. The van der Waals surface area contributed by atoms with Crippen LogP contribution in [0.15, 0.2) is 12.2 Å². The topological polar surface area (TPSA) is 26.3 Å². The van der Waals surface area contributed by atoms with E-state index in [0.29, 0.717) is 12.2 Å². The van der Waals surface area contributed by atoms with E-state index in [1.807, 2.05) is 0 Å². The highest BCUT2D eigenvalue weighted by molar-refractivity contribution is 5.78. The summed E-state index contributed by atoms with van der Waals surface area (Å²) in [6.45, 7) is 3.03. The van der Waals surface area contributed by atoms with Gasteiger partial charge in [0.2, 0.25) is 0 Å². The molecule has 0 saturated heterocycles. The fraction of sp³-hybridized carbons (Fsp3) is 0.842. The first-order chi connectivity index (χ1) is 10.3. The maximum atomic E-state index is 12.0. The van der Waals surface area contributed by atoms with Gasteiger partial charge in [-0.3, -0.25) is 4.79 Å². The first-order valence-electron chi connectivity index (χ1n) is 9.11. The standard InChI is InChI=1S/C19H34O2/c1-2-3-4-13-16-21-19-15-12-10-8-6-5-7-9-11-14-18(20)17-19/h10,12,19H,2-9,11,13-17H2,1H3/b12-10-. The van der Waals surface area contributed by atoms with E-state index in [-0.39, 0.29) is 6.10 Å².